The standard InChI is InChI=1S/C37H30NO.C19H16N.Ir/c1-23-22-38-33(20-24(23)21-37(2,3)4)31-18-11-19-32-34-29-16-9-7-14-27(29)25-12-5-6-13-26(25)28-15-8-10-17-30(28)36(34)39-35(31)32;1-14-8-11-19(20-13-14)17-10-9-15(2)18(12-17)16-6-4-3-5-7-16;/h5-17,19-20,22H,21H2,1-4H3;3-9,11-13H,1-2H3;/q2*-1;/i1D3,21D2;1D3,2D3;. The molecule has 0 amide bonds. The molecule has 3 heterocycles. The van der Waals surface area contributed by atoms with Gasteiger partial charge in [-0.3, -0.25) is 0 Å². The summed E-state index contributed by atoms with van der Waals surface area (Å²) in [5.41, 5.74) is 10.9. The molecule has 1 aliphatic rings. The molecule has 0 fully saturated rings. The molecular weight excluding hydrogens is 909 g/mol. The number of hydrogen-bond donors (Lipinski definition) is 0. The summed E-state index contributed by atoms with van der Waals surface area (Å²) in [6.07, 6.45) is 0.647. The van der Waals surface area contributed by atoms with E-state index in [9.17, 15) is 0 Å². The Morgan fingerprint density at radius 3 is 1.90 bits per heavy atom. The van der Waals surface area contributed by atoms with E-state index in [1.807, 2.05) is 66.7 Å². The molecule has 3 aromatic heterocycles. The maximum Gasteiger partial charge on any atom is 0.129 e. The summed E-state index contributed by atoms with van der Waals surface area (Å²) in [6, 6.07) is 52.1. The van der Waals surface area contributed by atoms with Gasteiger partial charge in [-0.25, -0.2) is 0 Å². The van der Waals surface area contributed by atoms with E-state index in [4.69, 9.17) is 19.5 Å². The van der Waals surface area contributed by atoms with Crippen LogP contribution in [0.4, 0.5) is 0 Å². The molecule has 0 unspecified atom stereocenters. The maximum absolute atomic E-state index is 9.00. The maximum atomic E-state index is 9.00. The predicted molar refractivity (Wildman–Crippen MR) is 245 cm³/mol. The van der Waals surface area contributed by atoms with Gasteiger partial charge in [-0.2, -0.15) is 0 Å². The summed E-state index contributed by atoms with van der Waals surface area (Å²) >= 11 is 0. The number of rotatable bonds is 4. The van der Waals surface area contributed by atoms with Crippen LogP contribution in [0.3, 0.4) is 0 Å². The second-order valence-electron chi connectivity index (χ2n) is 15.5. The first kappa shape index (κ1) is 29.1. The van der Waals surface area contributed by atoms with Crippen LogP contribution in [0.5, 0.6) is 0 Å². The fraction of sp³-hybridized carbons (Fsp3) is 0.143. The molecular formula is C56H46IrN2O-2. The van der Waals surface area contributed by atoms with E-state index in [2.05, 4.69) is 70.6 Å². The number of fused-ring (bicyclic) bond motifs is 10. The van der Waals surface area contributed by atoms with Gasteiger partial charge in [-0.1, -0.05) is 171 Å². The van der Waals surface area contributed by atoms with Crippen LogP contribution >= 0.6 is 0 Å². The zero-order valence-electron chi connectivity index (χ0n) is 44.1. The van der Waals surface area contributed by atoms with Gasteiger partial charge >= 0.3 is 0 Å². The molecule has 0 atom stereocenters. The number of pyridine rings is 2. The predicted octanol–water partition coefficient (Wildman–Crippen LogP) is 15.0. The minimum atomic E-state index is -2.53. The van der Waals surface area contributed by atoms with Crippen LogP contribution in [0.15, 0.2) is 162 Å². The largest absolute Gasteiger partial charge is 0.500 e. The Labute approximate surface area is 383 Å². The molecule has 6 aromatic carbocycles. The Balaban J connectivity index is 0.000000214. The zero-order valence-corrected chi connectivity index (χ0v) is 35.5. The first-order valence-corrected chi connectivity index (χ1v) is 19.4. The van der Waals surface area contributed by atoms with Crippen LogP contribution < -0.4 is 0 Å². The molecule has 60 heavy (non-hydrogen) atoms. The second-order valence-corrected chi connectivity index (χ2v) is 15.5. The number of aromatic nitrogens is 2. The topological polar surface area (TPSA) is 38.9 Å². The van der Waals surface area contributed by atoms with Gasteiger partial charge in [0.05, 0.1) is 5.58 Å². The van der Waals surface area contributed by atoms with Crippen molar-refractivity contribution in [3.63, 3.8) is 0 Å². The zero-order chi connectivity index (χ0) is 50.0. The number of furan rings is 1. The average Bonchev–Trinajstić information content (AvgIpc) is 3.72. The molecule has 1 aliphatic carbocycles. The molecule has 1 radical (unpaired) electrons. The summed E-state index contributed by atoms with van der Waals surface area (Å²) in [5.74, 6) is 0.725. The summed E-state index contributed by atoms with van der Waals surface area (Å²) in [4.78, 5) is 8.78. The van der Waals surface area contributed by atoms with Gasteiger partial charge in [0, 0.05) is 58.7 Å². The number of aryl methyl sites for hydroxylation is 3. The Morgan fingerprint density at radius 1 is 0.617 bits per heavy atom. The van der Waals surface area contributed by atoms with E-state index in [0.717, 1.165) is 55.7 Å². The molecule has 0 bridgehead atoms. The van der Waals surface area contributed by atoms with Crippen molar-refractivity contribution in [2.75, 3.05) is 0 Å². The number of hydrogen-bond acceptors (Lipinski definition) is 3. The van der Waals surface area contributed by atoms with Crippen molar-refractivity contribution < 1.29 is 39.6 Å². The van der Waals surface area contributed by atoms with E-state index in [1.54, 1.807) is 39.0 Å². The van der Waals surface area contributed by atoms with E-state index >= 15 is 0 Å². The third kappa shape index (κ3) is 7.94. The molecule has 9 aromatic rings. The third-order valence-electron chi connectivity index (χ3n) is 10.3. The third-order valence-corrected chi connectivity index (χ3v) is 10.3. The van der Waals surface area contributed by atoms with Crippen molar-refractivity contribution in [3.05, 3.63) is 192 Å². The quantitative estimate of drug-likeness (QED) is 0.165. The van der Waals surface area contributed by atoms with Crippen molar-refractivity contribution in [2.45, 2.75) is 47.7 Å². The Bertz CT molecular complexity index is 3410. The molecule has 0 saturated heterocycles. The molecule has 0 N–H and O–H groups in total. The normalized spacial score (nSPS) is 15.0. The Hall–Kier alpha value is -6.19. The van der Waals surface area contributed by atoms with E-state index in [-0.39, 0.29) is 42.4 Å². The van der Waals surface area contributed by atoms with Crippen molar-refractivity contribution in [2.24, 2.45) is 5.41 Å². The fourth-order valence-electron chi connectivity index (χ4n) is 7.66. The van der Waals surface area contributed by atoms with Crippen LogP contribution in [0.1, 0.15) is 58.1 Å². The molecule has 10 rings (SSSR count). The minimum Gasteiger partial charge on any atom is -0.500 e. The average molecular weight is 966 g/mol. The fourth-order valence-corrected chi connectivity index (χ4v) is 7.66. The smallest absolute Gasteiger partial charge is 0.129 e. The monoisotopic (exact) mass is 966 g/mol. The van der Waals surface area contributed by atoms with Crippen molar-refractivity contribution in [1.82, 2.24) is 9.97 Å². The summed E-state index contributed by atoms with van der Waals surface area (Å²) < 4.78 is 94.8. The molecule has 3 nitrogen and oxygen atoms in total. The van der Waals surface area contributed by atoms with Gasteiger partial charge in [0.2, 0.25) is 0 Å². The molecule has 0 saturated carbocycles. The second kappa shape index (κ2) is 16.8. The summed E-state index contributed by atoms with van der Waals surface area (Å²) in [6.45, 7) is -1.71. The first-order valence-electron chi connectivity index (χ1n) is 24.9. The Morgan fingerprint density at radius 2 is 1.25 bits per heavy atom. The molecule has 0 aliphatic heterocycles. The minimum absolute atomic E-state index is 0. The van der Waals surface area contributed by atoms with Gasteiger partial charge in [0.1, 0.15) is 5.76 Å². The first-order chi connectivity index (χ1) is 33.0. The van der Waals surface area contributed by atoms with Crippen LogP contribution in [-0.2, 0) is 26.5 Å². The molecule has 0 spiro atoms. The number of nitrogens with zero attached hydrogens (tertiary/aromatic N) is 2. The van der Waals surface area contributed by atoms with Crippen molar-refractivity contribution >= 4 is 11.0 Å². The summed E-state index contributed by atoms with van der Waals surface area (Å²) in [7, 11) is 0. The molecule has 4 heteroatoms. The van der Waals surface area contributed by atoms with Gasteiger partial charge in [0.15, 0.2) is 0 Å². The van der Waals surface area contributed by atoms with E-state index in [1.165, 1.54) is 24.5 Å². The SMILES string of the molecule is [2H]C([2H])([2H])c1ccc(-c2[c-]cc(C([2H])([2H])[2H])c(-c3ccccc3)c2)nc1.[2H]C([2H])([2H])c1cnc(-c2[c-]ccc3c4c(oc23)-c2ccccc2-c2ccccc2-c2ccccc2-4)cc1C([2H])([2H])C(C)(C)C.[Ir]. The van der Waals surface area contributed by atoms with Gasteiger partial charge < -0.3 is 14.4 Å². The Kier molecular flexibility index (Phi) is 8.16. The van der Waals surface area contributed by atoms with Crippen LogP contribution in [-0.4, -0.2) is 9.97 Å². The van der Waals surface area contributed by atoms with Crippen LogP contribution in [0.2, 0.25) is 0 Å². The van der Waals surface area contributed by atoms with Gasteiger partial charge in [-0.05, 0) is 81.4 Å². The van der Waals surface area contributed by atoms with Crippen molar-refractivity contribution in [1.29, 1.82) is 0 Å². The van der Waals surface area contributed by atoms with E-state index < -0.39 is 32.3 Å². The van der Waals surface area contributed by atoms with Crippen LogP contribution in [0.25, 0.3) is 89.3 Å². The van der Waals surface area contributed by atoms with Gasteiger partial charge in [-0.15, -0.1) is 47.5 Å². The van der Waals surface area contributed by atoms with Crippen LogP contribution in [0, 0.1) is 38.1 Å². The van der Waals surface area contributed by atoms with E-state index in [0.29, 0.717) is 33.7 Å². The van der Waals surface area contributed by atoms with Crippen molar-refractivity contribution in [3.8, 4) is 78.3 Å². The van der Waals surface area contributed by atoms with Gasteiger partial charge in [0.25, 0.3) is 0 Å². The summed E-state index contributed by atoms with van der Waals surface area (Å²) in [5, 5.41) is 0.873. The molecule has 297 valence electrons. The number of benzene rings is 6.